The van der Waals surface area contributed by atoms with Gasteiger partial charge in [-0.2, -0.15) is 0 Å². The van der Waals surface area contributed by atoms with Crippen LogP contribution in [-0.4, -0.2) is 28.4 Å². The minimum atomic E-state index is -0.0782. The Kier molecular flexibility index (Phi) is 5.74. The lowest BCUT2D eigenvalue weighted by Gasteiger charge is -2.30. The zero-order valence-corrected chi connectivity index (χ0v) is 20.1. The van der Waals surface area contributed by atoms with E-state index >= 15 is 0 Å². The van der Waals surface area contributed by atoms with E-state index in [1.165, 1.54) is 0 Å². The predicted octanol–water partition coefficient (Wildman–Crippen LogP) is 6.51. The Morgan fingerprint density at radius 3 is 2.24 bits per heavy atom. The summed E-state index contributed by atoms with van der Waals surface area (Å²) in [6.07, 6.45) is 1.58. The van der Waals surface area contributed by atoms with E-state index in [2.05, 4.69) is 12.1 Å². The van der Waals surface area contributed by atoms with Crippen LogP contribution >= 0.6 is 0 Å². The number of furan rings is 1. The Balaban J connectivity index is 1.73. The lowest BCUT2D eigenvalue weighted by atomic mass is 9.93. The number of benzene rings is 3. The van der Waals surface area contributed by atoms with Crippen LogP contribution in [0.4, 0.5) is 0 Å². The number of methoxy groups -OCH3 is 4. The summed E-state index contributed by atoms with van der Waals surface area (Å²) in [6.45, 7) is 1.97. The molecule has 6 nitrogen and oxygen atoms in total. The molecule has 34 heavy (non-hydrogen) atoms. The second-order valence-corrected chi connectivity index (χ2v) is 8.28. The van der Waals surface area contributed by atoms with Crippen molar-refractivity contribution in [2.45, 2.75) is 25.9 Å². The number of hydrogen-bond donors (Lipinski definition) is 0. The van der Waals surface area contributed by atoms with E-state index in [0.29, 0.717) is 28.6 Å². The van der Waals surface area contributed by atoms with Gasteiger partial charge in [0, 0.05) is 23.3 Å². The molecule has 0 aliphatic carbocycles. The molecule has 0 radical (unpaired) electrons. The van der Waals surface area contributed by atoms with E-state index in [1.54, 1.807) is 28.4 Å². The van der Waals surface area contributed by atoms with E-state index in [9.17, 15) is 0 Å². The Morgan fingerprint density at radius 2 is 1.56 bits per heavy atom. The standard InChI is InChI=1S/C28H28O6/c1-16-21(29-2)14-23-19(27(16)32-5)13-25(33-23)26-24(31-4)15-22(30-3)18-11-12-20(34-28(18)26)17-9-7-6-8-10-17/h6-10,13-15,20H,11-12H2,1-5H3/t20-/m0/s1. The smallest absolute Gasteiger partial charge is 0.143 e. The second kappa shape index (κ2) is 8.86. The first-order chi connectivity index (χ1) is 16.6. The molecule has 0 bridgehead atoms. The van der Waals surface area contributed by atoms with Gasteiger partial charge >= 0.3 is 0 Å². The van der Waals surface area contributed by atoms with Gasteiger partial charge in [-0.25, -0.2) is 0 Å². The summed E-state index contributed by atoms with van der Waals surface area (Å²) >= 11 is 0. The molecule has 1 aromatic heterocycles. The van der Waals surface area contributed by atoms with E-state index < -0.39 is 0 Å². The molecule has 0 amide bonds. The highest BCUT2D eigenvalue weighted by Crippen LogP contribution is 2.52. The summed E-state index contributed by atoms with van der Waals surface area (Å²) in [6, 6.07) is 16.0. The van der Waals surface area contributed by atoms with Gasteiger partial charge < -0.3 is 28.1 Å². The van der Waals surface area contributed by atoms with Gasteiger partial charge in [-0.15, -0.1) is 0 Å². The molecule has 3 aromatic carbocycles. The monoisotopic (exact) mass is 460 g/mol. The van der Waals surface area contributed by atoms with E-state index in [0.717, 1.165) is 52.0 Å². The molecule has 1 aliphatic rings. The lowest BCUT2D eigenvalue weighted by molar-refractivity contribution is 0.174. The predicted molar refractivity (Wildman–Crippen MR) is 131 cm³/mol. The molecule has 1 aliphatic heterocycles. The fourth-order valence-electron chi connectivity index (χ4n) is 4.80. The van der Waals surface area contributed by atoms with Crippen LogP contribution in [0.3, 0.4) is 0 Å². The molecule has 6 heteroatoms. The fourth-order valence-corrected chi connectivity index (χ4v) is 4.80. The van der Waals surface area contributed by atoms with Crippen LogP contribution in [0, 0.1) is 6.92 Å². The van der Waals surface area contributed by atoms with Crippen LogP contribution in [0.15, 0.2) is 52.9 Å². The van der Waals surface area contributed by atoms with Gasteiger partial charge in [-0.1, -0.05) is 30.3 Å². The van der Waals surface area contributed by atoms with Crippen LogP contribution in [0.1, 0.15) is 29.2 Å². The third kappa shape index (κ3) is 3.50. The van der Waals surface area contributed by atoms with E-state index in [4.69, 9.17) is 28.1 Å². The first kappa shape index (κ1) is 22.0. The van der Waals surface area contributed by atoms with Crippen molar-refractivity contribution in [1.29, 1.82) is 0 Å². The molecular formula is C28H28O6. The minimum Gasteiger partial charge on any atom is -0.496 e. The normalized spacial score (nSPS) is 14.9. The zero-order chi connectivity index (χ0) is 23.8. The first-order valence-electron chi connectivity index (χ1n) is 11.2. The van der Waals surface area contributed by atoms with Crippen LogP contribution in [0.5, 0.6) is 28.7 Å². The highest BCUT2D eigenvalue weighted by molar-refractivity contribution is 5.93. The summed E-state index contributed by atoms with van der Waals surface area (Å²) in [5.74, 6) is 4.13. The molecule has 0 saturated heterocycles. The summed E-state index contributed by atoms with van der Waals surface area (Å²) in [7, 11) is 6.59. The van der Waals surface area contributed by atoms with Gasteiger partial charge in [0.15, 0.2) is 0 Å². The van der Waals surface area contributed by atoms with Crippen molar-refractivity contribution in [1.82, 2.24) is 0 Å². The molecular weight excluding hydrogens is 432 g/mol. The maximum absolute atomic E-state index is 6.63. The highest BCUT2D eigenvalue weighted by Gasteiger charge is 2.31. The molecule has 4 aromatic rings. The van der Waals surface area contributed by atoms with Gasteiger partial charge in [0.2, 0.25) is 0 Å². The van der Waals surface area contributed by atoms with Gasteiger partial charge in [-0.3, -0.25) is 0 Å². The summed E-state index contributed by atoms with van der Waals surface area (Å²) in [5.41, 5.74) is 4.47. The van der Waals surface area contributed by atoms with Crippen molar-refractivity contribution in [2.24, 2.45) is 0 Å². The quantitative estimate of drug-likeness (QED) is 0.327. The Hall–Kier alpha value is -3.80. The van der Waals surface area contributed by atoms with Crippen molar-refractivity contribution < 1.29 is 28.1 Å². The number of hydrogen-bond acceptors (Lipinski definition) is 6. The van der Waals surface area contributed by atoms with Crippen LogP contribution < -0.4 is 23.7 Å². The average Bonchev–Trinajstić information content (AvgIpc) is 3.30. The van der Waals surface area contributed by atoms with Crippen molar-refractivity contribution >= 4 is 11.0 Å². The summed E-state index contributed by atoms with van der Waals surface area (Å²) in [4.78, 5) is 0. The Bertz CT molecular complexity index is 1340. The maximum atomic E-state index is 6.63. The van der Waals surface area contributed by atoms with Gasteiger partial charge in [0.25, 0.3) is 0 Å². The summed E-state index contributed by atoms with van der Waals surface area (Å²) in [5, 5.41) is 0.859. The zero-order valence-electron chi connectivity index (χ0n) is 20.1. The highest BCUT2D eigenvalue weighted by atomic mass is 16.5. The van der Waals surface area contributed by atoms with Gasteiger partial charge in [-0.05, 0) is 31.4 Å². The van der Waals surface area contributed by atoms with Crippen molar-refractivity contribution in [3.05, 3.63) is 65.2 Å². The first-order valence-corrected chi connectivity index (χ1v) is 11.2. The lowest BCUT2D eigenvalue weighted by Crippen LogP contribution is -2.17. The number of fused-ring (bicyclic) bond motifs is 2. The van der Waals surface area contributed by atoms with Crippen LogP contribution in [0.25, 0.3) is 22.3 Å². The molecule has 0 unspecified atom stereocenters. The molecule has 1 atom stereocenters. The fraction of sp³-hybridized carbons (Fsp3) is 0.286. The number of ether oxygens (including phenoxy) is 5. The van der Waals surface area contributed by atoms with Crippen molar-refractivity contribution in [3.63, 3.8) is 0 Å². The van der Waals surface area contributed by atoms with Gasteiger partial charge in [0.1, 0.15) is 51.8 Å². The molecule has 0 spiro atoms. The second-order valence-electron chi connectivity index (χ2n) is 8.28. The number of rotatable bonds is 6. The van der Waals surface area contributed by atoms with E-state index in [-0.39, 0.29) is 6.10 Å². The maximum Gasteiger partial charge on any atom is 0.143 e. The van der Waals surface area contributed by atoms with Crippen LogP contribution in [0.2, 0.25) is 0 Å². The molecule has 5 rings (SSSR count). The Labute approximate surface area is 199 Å². The third-order valence-corrected chi connectivity index (χ3v) is 6.48. The van der Waals surface area contributed by atoms with Crippen molar-refractivity contribution in [2.75, 3.05) is 28.4 Å². The largest absolute Gasteiger partial charge is 0.496 e. The van der Waals surface area contributed by atoms with Crippen molar-refractivity contribution in [3.8, 4) is 40.1 Å². The van der Waals surface area contributed by atoms with Crippen LogP contribution in [-0.2, 0) is 6.42 Å². The summed E-state index contributed by atoms with van der Waals surface area (Å²) < 4.78 is 35.7. The topological polar surface area (TPSA) is 59.3 Å². The SMILES string of the molecule is COc1cc2oc(-c3c(OC)cc(OC)c4c3O[C@H](c3ccccc3)CC4)cc2c(OC)c1C. The molecule has 0 N–H and O–H groups in total. The van der Waals surface area contributed by atoms with E-state index in [1.807, 2.05) is 43.3 Å². The molecule has 0 saturated carbocycles. The minimum absolute atomic E-state index is 0.0782. The molecule has 2 heterocycles. The third-order valence-electron chi connectivity index (χ3n) is 6.48. The Morgan fingerprint density at radius 1 is 0.824 bits per heavy atom. The van der Waals surface area contributed by atoms with Gasteiger partial charge in [0.05, 0.1) is 33.8 Å². The molecule has 176 valence electrons. The molecule has 0 fully saturated rings. The average molecular weight is 461 g/mol.